The van der Waals surface area contributed by atoms with E-state index in [0.29, 0.717) is 0 Å². The zero-order chi connectivity index (χ0) is 14.8. The molecule has 3 nitrogen and oxygen atoms in total. The van der Waals surface area contributed by atoms with E-state index in [1.165, 1.54) is 56.3 Å². The predicted molar refractivity (Wildman–Crippen MR) is 92.2 cm³/mol. The van der Waals surface area contributed by atoms with Crippen molar-refractivity contribution in [1.29, 1.82) is 0 Å². The minimum Gasteiger partial charge on any atom is -0.385 e. The van der Waals surface area contributed by atoms with Crippen LogP contribution in [0, 0.1) is 5.92 Å². The molecule has 2 aromatic rings. The van der Waals surface area contributed by atoms with Crippen molar-refractivity contribution in [3.05, 3.63) is 36.5 Å². The smallest absolute Gasteiger partial charge is 0.0703 e. The first-order valence-electron chi connectivity index (χ1n) is 8.73. The van der Waals surface area contributed by atoms with Crippen molar-refractivity contribution >= 4 is 16.6 Å². The van der Waals surface area contributed by atoms with E-state index < -0.39 is 0 Å². The highest BCUT2D eigenvalue weighted by Crippen LogP contribution is 2.31. The van der Waals surface area contributed by atoms with Crippen molar-refractivity contribution in [3.8, 4) is 0 Å². The fraction of sp³-hybridized carbons (Fsp3) is 0.526. The third-order valence-corrected chi connectivity index (χ3v) is 5.40. The first-order valence-corrected chi connectivity index (χ1v) is 8.73. The van der Waals surface area contributed by atoms with E-state index in [1.807, 2.05) is 12.3 Å². The summed E-state index contributed by atoms with van der Waals surface area (Å²) in [5, 5.41) is 4.90. The summed E-state index contributed by atoms with van der Waals surface area (Å²) in [6.45, 7) is 3.75. The second kappa shape index (κ2) is 6.25. The number of rotatable bonds is 3. The van der Waals surface area contributed by atoms with E-state index in [0.717, 1.165) is 24.0 Å². The van der Waals surface area contributed by atoms with Crippen LogP contribution in [-0.2, 0) is 0 Å². The molecule has 2 saturated heterocycles. The van der Waals surface area contributed by atoms with E-state index in [9.17, 15) is 0 Å². The molecular weight excluding hydrogens is 270 g/mol. The Bertz CT molecular complexity index is 637. The van der Waals surface area contributed by atoms with Crippen molar-refractivity contribution in [2.75, 3.05) is 25.0 Å². The molecule has 0 radical (unpaired) electrons. The molecule has 1 aromatic heterocycles. The molecule has 2 fully saturated rings. The van der Waals surface area contributed by atoms with Gasteiger partial charge in [-0.3, -0.25) is 4.98 Å². The zero-order valence-corrected chi connectivity index (χ0v) is 13.2. The Kier molecular flexibility index (Phi) is 3.98. The molecular formula is C19H25N3. The molecule has 22 heavy (non-hydrogen) atoms. The second-order valence-electron chi connectivity index (χ2n) is 6.79. The van der Waals surface area contributed by atoms with Crippen LogP contribution in [0.15, 0.2) is 36.5 Å². The molecule has 0 aliphatic carbocycles. The van der Waals surface area contributed by atoms with Gasteiger partial charge in [-0.25, -0.2) is 0 Å². The molecule has 2 atom stereocenters. The number of hydrogen-bond acceptors (Lipinski definition) is 3. The first-order chi connectivity index (χ1) is 10.9. The number of piperidine rings is 2. The van der Waals surface area contributed by atoms with E-state index >= 15 is 0 Å². The summed E-state index contributed by atoms with van der Waals surface area (Å²) >= 11 is 0. The van der Waals surface area contributed by atoms with Crippen molar-refractivity contribution in [2.24, 2.45) is 5.92 Å². The molecule has 3 heteroatoms. The van der Waals surface area contributed by atoms with Gasteiger partial charge in [0.05, 0.1) is 5.52 Å². The number of aromatic nitrogens is 1. The summed E-state index contributed by atoms with van der Waals surface area (Å²) in [6.07, 6.45) is 8.81. The van der Waals surface area contributed by atoms with Crippen LogP contribution >= 0.6 is 0 Å². The van der Waals surface area contributed by atoms with Crippen molar-refractivity contribution in [2.45, 2.75) is 38.1 Å². The van der Waals surface area contributed by atoms with Gasteiger partial charge in [0.2, 0.25) is 0 Å². The van der Waals surface area contributed by atoms with Crippen LogP contribution in [0.4, 0.5) is 5.69 Å². The summed E-state index contributed by atoms with van der Waals surface area (Å²) in [5.74, 6) is 0.804. The highest BCUT2D eigenvalue weighted by Gasteiger charge is 2.32. The van der Waals surface area contributed by atoms with Gasteiger partial charge < -0.3 is 10.2 Å². The molecule has 2 aliphatic rings. The summed E-state index contributed by atoms with van der Waals surface area (Å²) in [7, 11) is 0. The largest absolute Gasteiger partial charge is 0.385 e. The average Bonchev–Trinajstić information content (AvgIpc) is 2.60. The van der Waals surface area contributed by atoms with E-state index in [-0.39, 0.29) is 0 Å². The quantitative estimate of drug-likeness (QED) is 0.930. The number of hydrogen-bond donors (Lipinski definition) is 1. The number of nitrogens with one attached hydrogen (secondary N) is 1. The SMILES string of the molecule is c1cnc2ccc(NCC3CCCN4CCCCC34)cc2c1. The Morgan fingerprint density at radius 1 is 1.09 bits per heavy atom. The highest BCUT2D eigenvalue weighted by molar-refractivity contribution is 5.82. The van der Waals surface area contributed by atoms with Gasteiger partial charge in [0.25, 0.3) is 0 Å². The Labute approximate surface area is 132 Å². The summed E-state index contributed by atoms with van der Waals surface area (Å²) in [6, 6.07) is 11.5. The number of nitrogens with zero attached hydrogens (tertiary/aromatic N) is 2. The van der Waals surface area contributed by atoms with Crippen molar-refractivity contribution < 1.29 is 0 Å². The lowest BCUT2D eigenvalue weighted by molar-refractivity contribution is 0.0649. The highest BCUT2D eigenvalue weighted by atomic mass is 15.2. The normalized spacial score (nSPS) is 25.8. The maximum absolute atomic E-state index is 4.39. The Hall–Kier alpha value is -1.61. The number of anilines is 1. The van der Waals surface area contributed by atoms with Crippen LogP contribution < -0.4 is 5.32 Å². The van der Waals surface area contributed by atoms with Gasteiger partial charge in [-0.15, -0.1) is 0 Å². The molecule has 2 aliphatic heterocycles. The van der Waals surface area contributed by atoms with Crippen LogP contribution in [0.3, 0.4) is 0 Å². The van der Waals surface area contributed by atoms with Crippen LogP contribution in [0.1, 0.15) is 32.1 Å². The molecule has 4 rings (SSSR count). The minimum absolute atomic E-state index is 0.804. The molecule has 0 saturated carbocycles. The lowest BCUT2D eigenvalue weighted by atomic mass is 9.83. The predicted octanol–water partition coefficient (Wildman–Crippen LogP) is 3.91. The van der Waals surface area contributed by atoms with E-state index in [2.05, 4.69) is 39.5 Å². The van der Waals surface area contributed by atoms with Gasteiger partial charge in [-0.2, -0.15) is 0 Å². The maximum Gasteiger partial charge on any atom is 0.0703 e. The van der Waals surface area contributed by atoms with Crippen LogP contribution in [0.5, 0.6) is 0 Å². The Morgan fingerprint density at radius 2 is 2.05 bits per heavy atom. The minimum atomic E-state index is 0.804. The third-order valence-electron chi connectivity index (χ3n) is 5.40. The second-order valence-corrected chi connectivity index (χ2v) is 6.79. The molecule has 3 heterocycles. The monoisotopic (exact) mass is 295 g/mol. The average molecular weight is 295 g/mol. The van der Waals surface area contributed by atoms with Gasteiger partial charge in [0.15, 0.2) is 0 Å². The third kappa shape index (κ3) is 2.82. The molecule has 0 bridgehead atoms. The fourth-order valence-corrected chi connectivity index (χ4v) is 4.25. The number of benzene rings is 1. The fourth-order valence-electron chi connectivity index (χ4n) is 4.25. The van der Waals surface area contributed by atoms with Crippen molar-refractivity contribution in [3.63, 3.8) is 0 Å². The maximum atomic E-state index is 4.39. The standard InChI is InChI=1S/C19H25N3/c1-2-11-22-12-4-6-16(19(22)7-1)14-21-17-8-9-18-15(13-17)5-3-10-20-18/h3,5,8-10,13,16,19,21H,1-2,4,6-7,11-12,14H2. The van der Waals surface area contributed by atoms with Gasteiger partial charge in [0.1, 0.15) is 0 Å². The van der Waals surface area contributed by atoms with Gasteiger partial charge in [-0.05, 0) is 69.0 Å². The Morgan fingerprint density at radius 3 is 3.05 bits per heavy atom. The van der Waals surface area contributed by atoms with Crippen LogP contribution in [0.2, 0.25) is 0 Å². The van der Waals surface area contributed by atoms with Crippen LogP contribution in [0.25, 0.3) is 10.9 Å². The lowest BCUT2D eigenvalue weighted by Crippen LogP contribution is -2.49. The molecule has 0 amide bonds. The summed E-state index contributed by atoms with van der Waals surface area (Å²) in [5.41, 5.74) is 2.30. The Balaban J connectivity index is 1.44. The van der Waals surface area contributed by atoms with E-state index in [1.54, 1.807) is 0 Å². The van der Waals surface area contributed by atoms with Gasteiger partial charge in [0, 0.05) is 29.9 Å². The van der Waals surface area contributed by atoms with Crippen LogP contribution in [-0.4, -0.2) is 35.6 Å². The number of fused-ring (bicyclic) bond motifs is 2. The zero-order valence-electron chi connectivity index (χ0n) is 13.2. The summed E-state index contributed by atoms with van der Waals surface area (Å²) in [4.78, 5) is 7.13. The number of pyridine rings is 1. The van der Waals surface area contributed by atoms with Crippen molar-refractivity contribution in [1.82, 2.24) is 9.88 Å². The molecule has 116 valence electrons. The lowest BCUT2D eigenvalue weighted by Gasteiger charge is -2.44. The molecule has 0 spiro atoms. The molecule has 1 aromatic carbocycles. The first kappa shape index (κ1) is 14.0. The summed E-state index contributed by atoms with van der Waals surface area (Å²) < 4.78 is 0. The van der Waals surface area contributed by atoms with Gasteiger partial charge >= 0.3 is 0 Å². The topological polar surface area (TPSA) is 28.2 Å². The van der Waals surface area contributed by atoms with E-state index in [4.69, 9.17) is 0 Å². The molecule has 2 unspecified atom stereocenters. The van der Waals surface area contributed by atoms with Gasteiger partial charge in [-0.1, -0.05) is 12.5 Å². The molecule has 1 N–H and O–H groups in total.